The first-order chi connectivity index (χ1) is 9.88. The second-order valence-corrected chi connectivity index (χ2v) is 4.19. The molecule has 0 bridgehead atoms. The summed E-state index contributed by atoms with van der Waals surface area (Å²) < 4.78 is 5.27. The Bertz CT molecular complexity index is 737. The number of halogens is 1. The molecular formula is C11H7ClN4O5. The van der Waals surface area contributed by atoms with Crippen molar-refractivity contribution in [2.45, 2.75) is 0 Å². The lowest BCUT2D eigenvalue weighted by molar-refractivity contribution is -0.385. The molecule has 1 heterocycles. The summed E-state index contributed by atoms with van der Waals surface area (Å²) in [7, 11) is 0. The van der Waals surface area contributed by atoms with Crippen LogP contribution < -0.4 is 10.5 Å². The van der Waals surface area contributed by atoms with Crippen molar-refractivity contribution in [3.63, 3.8) is 0 Å². The fourth-order valence-corrected chi connectivity index (χ4v) is 1.61. The van der Waals surface area contributed by atoms with E-state index in [0.29, 0.717) is 0 Å². The molecule has 0 aliphatic heterocycles. The van der Waals surface area contributed by atoms with Crippen LogP contribution in [0.2, 0.25) is 5.02 Å². The highest BCUT2D eigenvalue weighted by molar-refractivity contribution is 6.32. The summed E-state index contributed by atoms with van der Waals surface area (Å²) in [6.45, 7) is 0. The summed E-state index contributed by atoms with van der Waals surface area (Å²) in [6.07, 6.45) is 0. The van der Waals surface area contributed by atoms with Gasteiger partial charge in [-0.25, -0.2) is 0 Å². The minimum atomic E-state index is -0.688. The smallest absolute Gasteiger partial charge is 0.311 e. The van der Waals surface area contributed by atoms with Gasteiger partial charge in [0.15, 0.2) is 5.75 Å². The fraction of sp³-hybridized carbons (Fsp3) is 0. The topological polar surface area (TPSA) is 134 Å². The molecule has 0 amide bonds. The second kappa shape index (κ2) is 5.59. The molecule has 2 aromatic rings. The van der Waals surface area contributed by atoms with Gasteiger partial charge in [-0.1, -0.05) is 11.6 Å². The first-order valence-corrected chi connectivity index (χ1v) is 5.79. The zero-order valence-corrected chi connectivity index (χ0v) is 11.0. The van der Waals surface area contributed by atoms with Gasteiger partial charge in [-0.05, 0) is 6.07 Å². The van der Waals surface area contributed by atoms with Crippen LogP contribution >= 0.6 is 11.6 Å². The summed E-state index contributed by atoms with van der Waals surface area (Å²) in [4.78, 5) is 23.7. The Morgan fingerprint density at radius 2 is 1.86 bits per heavy atom. The number of hydrogen-bond acceptors (Lipinski definition) is 7. The maximum atomic E-state index is 10.7. The van der Waals surface area contributed by atoms with E-state index in [1.165, 1.54) is 18.2 Å². The molecule has 0 radical (unpaired) electrons. The number of pyridine rings is 1. The Morgan fingerprint density at radius 1 is 1.14 bits per heavy atom. The van der Waals surface area contributed by atoms with Gasteiger partial charge in [-0.15, -0.1) is 0 Å². The van der Waals surface area contributed by atoms with Crippen LogP contribution in [0.25, 0.3) is 0 Å². The van der Waals surface area contributed by atoms with E-state index in [1.807, 2.05) is 0 Å². The molecule has 1 aromatic carbocycles. The van der Waals surface area contributed by atoms with Crippen molar-refractivity contribution >= 4 is 28.8 Å². The molecule has 0 aliphatic rings. The Labute approximate surface area is 122 Å². The molecule has 2 rings (SSSR count). The summed E-state index contributed by atoms with van der Waals surface area (Å²) >= 11 is 5.86. The van der Waals surface area contributed by atoms with Crippen molar-refractivity contribution in [3.05, 3.63) is 55.6 Å². The highest BCUT2D eigenvalue weighted by atomic mass is 35.5. The molecule has 10 heteroatoms. The molecular weight excluding hydrogens is 304 g/mol. The van der Waals surface area contributed by atoms with Gasteiger partial charge >= 0.3 is 5.69 Å². The van der Waals surface area contributed by atoms with Crippen LogP contribution in [-0.2, 0) is 0 Å². The SMILES string of the molecule is Nc1nc(Oc2cc([N+](=O)[O-])ccc2Cl)ccc1[N+](=O)[O-]. The monoisotopic (exact) mass is 310 g/mol. The standard InChI is InChI=1S/C11H7ClN4O5/c12-7-2-1-6(15(17)18)5-9(7)21-10-4-3-8(16(19)20)11(13)14-10/h1-5H,(H2,13,14). The molecule has 1 aromatic heterocycles. The number of anilines is 1. The summed E-state index contributed by atoms with van der Waals surface area (Å²) in [5, 5.41) is 21.4. The van der Waals surface area contributed by atoms with Gasteiger partial charge in [0, 0.05) is 18.2 Å². The molecule has 0 unspecified atom stereocenters. The van der Waals surface area contributed by atoms with Crippen molar-refractivity contribution in [2.24, 2.45) is 0 Å². The normalized spacial score (nSPS) is 10.1. The minimum absolute atomic E-state index is 0.00776. The number of nitrogens with zero attached hydrogens (tertiary/aromatic N) is 3. The molecule has 0 atom stereocenters. The lowest BCUT2D eigenvalue weighted by Gasteiger charge is -2.07. The van der Waals surface area contributed by atoms with Crippen LogP contribution in [0.15, 0.2) is 30.3 Å². The first-order valence-electron chi connectivity index (χ1n) is 5.41. The lowest BCUT2D eigenvalue weighted by Crippen LogP contribution is -2.00. The molecule has 0 saturated heterocycles. The minimum Gasteiger partial charge on any atom is -0.437 e. The van der Waals surface area contributed by atoms with Gasteiger partial charge < -0.3 is 10.5 Å². The van der Waals surface area contributed by atoms with Crippen LogP contribution in [0.5, 0.6) is 11.6 Å². The van der Waals surface area contributed by atoms with Crippen LogP contribution in [0.1, 0.15) is 0 Å². The molecule has 21 heavy (non-hydrogen) atoms. The van der Waals surface area contributed by atoms with Crippen LogP contribution in [0.4, 0.5) is 17.2 Å². The third kappa shape index (κ3) is 3.15. The van der Waals surface area contributed by atoms with E-state index in [9.17, 15) is 20.2 Å². The van der Waals surface area contributed by atoms with E-state index < -0.39 is 9.85 Å². The number of rotatable bonds is 4. The Hall–Kier alpha value is -2.94. The van der Waals surface area contributed by atoms with Crippen molar-refractivity contribution < 1.29 is 14.6 Å². The van der Waals surface area contributed by atoms with Gasteiger partial charge in [0.1, 0.15) is 0 Å². The zero-order valence-electron chi connectivity index (χ0n) is 10.2. The third-order valence-electron chi connectivity index (χ3n) is 2.41. The number of aromatic nitrogens is 1. The van der Waals surface area contributed by atoms with E-state index in [4.69, 9.17) is 22.1 Å². The van der Waals surface area contributed by atoms with Crippen molar-refractivity contribution in [1.82, 2.24) is 4.98 Å². The molecule has 2 N–H and O–H groups in total. The Balaban J connectivity index is 2.34. The average Bonchev–Trinajstić information content (AvgIpc) is 2.40. The average molecular weight is 311 g/mol. The number of nitrogens with two attached hydrogens (primary N) is 1. The summed E-state index contributed by atoms with van der Waals surface area (Å²) in [6, 6.07) is 5.95. The number of benzene rings is 1. The number of nitrogen functional groups attached to an aromatic ring is 1. The third-order valence-corrected chi connectivity index (χ3v) is 2.73. The highest BCUT2D eigenvalue weighted by Gasteiger charge is 2.16. The van der Waals surface area contributed by atoms with E-state index in [1.54, 1.807) is 0 Å². The van der Waals surface area contributed by atoms with Gasteiger partial charge in [0.05, 0.1) is 20.9 Å². The van der Waals surface area contributed by atoms with Crippen molar-refractivity contribution in [2.75, 3.05) is 5.73 Å². The van der Waals surface area contributed by atoms with Gasteiger partial charge in [0.25, 0.3) is 5.69 Å². The van der Waals surface area contributed by atoms with E-state index in [2.05, 4.69) is 4.98 Å². The molecule has 0 aliphatic carbocycles. The van der Waals surface area contributed by atoms with Crippen LogP contribution in [0.3, 0.4) is 0 Å². The van der Waals surface area contributed by atoms with Gasteiger partial charge in [-0.3, -0.25) is 20.2 Å². The quantitative estimate of drug-likeness (QED) is 0.677. The van der Waals surface area contributed by atoms with Gasteiger partial charge in [-0.2, -0.15) is 4.98 Å². The highest BCUT2D eigenvalue weighted by Crippen LogP contribution is 2.33. The maximum Gasteiger partial charge on any atom is 0.311 e. The molecule has 0 spiro atoms. The van der Waals surface area contributed by atoms with E-state index in [-0.39, 0.29) is 33.8 Å². The first kappa shape index (κ1) is 14.5. The number of nitro groups is 2. The summed E-state index contributed by atoms with van der Waals surface area (Å²) in [5.41, 5.74) is 4.83. The molecule has 9 nitrogen and oxygen atoms in total. The van der Waals surface area contributed by atoms with Gasteiger partial charge in [0.2, 0.25) is 11.7 Å². The number of non-ortho nitro benzene ring substituents is 1. The largest absolute Gasteiger partial charge is 0.437 e. The van der Waals surface area contributed by atoms with Crippen LogP contribution in [-0.4, -0.2) is 14.8 Å². The van der Waals surface area contributed by atoms with Crippen molar-refractivity contribution in [1.29, 1.82) is 0 Å². The Kier molecular flexibility index (Phi) is 3.85. The number of ether oxygens (including phenoxy) is 1. The molecule has 0 saturated carbocycles. The maximum absolute atomic E-state index is 10.7. The van der Waals surface area contributed by atoms with E-state index >= 15 is 0 Å². The predicted octanol–water partition coefficient (Wildman–Crippen LogP) is 2.93. The van der Waals surface area contributed by atoms with E-state index in [0.717, 1.165) is 12.1 Å². The fourth-order valence-electron chi connectivity index (χ4n) is 1.46. The van der Waals surface area contributed by atoms with Crippen molar-refractivity contribution in [3.8, 4) is 11.6 Å². The molecule has 0 fully saturated rings. The zero-order chi connectivity index (χ0) is 15.6. The summed E-state index contributed by atoms with van der Waals surface area (Å²) in [5.74, 6) is -0.411. The Morgan fingerprint density at radius 3 is 2.43 bits per heavy atom. The predicted molar refractivity (Wildman–Crippen MR) is 73.5 cm³/mol. The number of nitro benzene ring substituents is 1. The molecule has 108 valence electrons. The lowest BCUT2D eigenvalue weighted by atomic mass is 10.3. The second-order valence-electron chi connectivity index (χ2n) is 3.78. The number of hydrogen-bond donors (Lipinski definition) is 1. The van der Waals surface area contributed by atoms with Crippen LogP contribution in [0, 0.1) is 20.2 Å².